The molecule has 94 valence electrons. The SMILES string of the molecule is CCc1ccc(OCCCN2CCCC2)nc1. The molecule has 1 aromatic rings. The van der Waals surface area contributed by atoms with E-state index < -0.39 is 0 Å². The molecule has 2 rings (SSSR count). The molecule has 1 aliphatic heterocycles. The molecule has 2 heterocycles. The summed E-state index contributed by atoms with van der Waals surface area (Å²) < 4.78 is 5.63. The van der Waals surface area contributed by atoms with Gasteiger partial charge in [0.2, 0.25) is 5.88 Å². The first-order valence-corrected chi connectivity index (χ1v) is 6.68. The number of hydrogen-bond donors (Lipinski definition) is 0. The van der Waals surface area contributed by atoms with Gasteiger partial charge in [-0.25, -0.2) is 4.98 Å². The molecular weight excluding hydrogens is 212 g/mol. The van der Waals surface area contributed by atoms with Crippen molar-refractivity contribution in [2.45, 2.75) is 32.6 Å². The molecular formula is C14H22N2O. The van der Waals surface area contributed by atoms with Crippen molar-refractivity contribution in [2.75, 3.05) is 26.2 Å². The van der Waals surface area contributed by atoms with E-state index in [1.54, 1.807) is 0 Å². The van der Waals surface area contributed by atoms with E-state index in [0.717, 1.165) is 31.9 Å². The summed E-state index contributed by atoms with van der Waals surface area (Å²) in [6, 6.07) is 4.05. The van der Waals surface area contributed by atoms with Gasteiger partial charge in [0.15, 0.2) is 0 Å². The number of ether oxygens (including phenoxy) is 1. The van der Waals surface area contributed by atoms with Gasteiger partial charge in [-0.2, -0.15) is 0 Å². The first-order valence-electron chi connectivity index (χ1n) is 6.68. The highest BCUT2D eigenvalue weighted by atomic mass is 16.5. The first-order chi connectivity index (χ1) is 8.38. The molecule has 0 aromatic carbocycles. The van der Waals surface area contributed by atoms with Gasteiger partial charge >= 0.3 is 0 Å². The first kappa shape index (κ1) is 12.4. The van der Waals surface area contributed by atoms with Crippen molar-refractivity contribution in [3.8, 4) is 5.88 Å². The van der Waals surface area contributed by atoms with Crippen LogP contribution < -0.4 is 4.74 Å². The van der Waals surface area contributed by atoms with Gasteiger partial charge in [0, 0.05) is 18.8 Å². The molecule has 1 aliphatic rings. The van der Waals surface area contributed by atoms with Crippen LogP contribution in [0.4, 0.5) is 0 Å². The summed E-state index contributed by atoms with van der Waals surface area (Å²) >= 11 is 0. The molecule has 0 radical (unpaired) electrons. The molecule has 0 aliphatic carbocycles. The van der Waals surface area contributed by atoms with Gasteiger partial charge in [-0.05, 0) is 44.3 Å². The van der Waals surface area contributed by atoms with Crippen LogP contribution in [0, 0.1) is 0 Å². The largest absolute Gasteiger partial charge is 0.478 e. The number of aryl methyl sites for hydroxylation is 1. The number of rotatable bonds is 6. The van der Waals surface area contributed by atoms with Gasteiger partial charge in [0.25, 0.3) is 0 Å². The Hall–Kier alpha value is -1.09. The number of hydrogen-bond acceptors (Lipinski definition) is 3. The van der Waals surface area contributed by atoms with Crippen LogP contribution in [-0.2, 0) is 6.42 Å². The number of nitrogens with zero attached hydrogens (tertiary/aromatic N) is 2. The lowest BCUT2D eigenvalue weighted by atomic mass is 10.2. The minimum atomic E-state index is 0.753. The average Bonchev–Trinajstić information content (AvgIpc) is 2.88. The van der Waals surface area contributed by atoms with Crippen LogP contribution in [0.2, 0.25) is 0 Å². The average molecular weight is 234 g/mol. The van der Waals surface area contributed by atoms with Crippen LogP contribution >= 0.6 is 0 Å². The molecule has 0 spiro atoms. The zero-order valence-electron chi connectivity index (χ0n) is 10.7. The molecule has 3 heteroatoms. The smallest absolute Gasteiger partial charge is 0.213 e. The topological polar surface area (TPSA) is 25.4 Å². The molecule has 0 unspecified atom stereocenters. The quantitative estimate of drug-likeness (QED) is 0.707. The Kier molecular flexibility index (Phi) is 4.80. The third-order valence-electron chi connectivity index (χ3n) is 3.27. The highest BCUT2D eigenvalue weighted by Gasteiger charge is 2.10. The van der Waals surface area contributed by atoms with Crippen molar-refractivity contribution in [3.63, 3.8) is 0 Å². The molecule has 0 amide bonds. The van der Waals surface area contributed by atoms with Gasteiger partial charge in [0.05, 0.1) is 6.61 Å². The molecule has 1 saturated heterocycles. The lowest BCUT2D eigenvalue weighted by molar-refractivity contribution is 0.257. The van der Waals surface area contributed by atoms with E-state index in [-0.39, 0.29) is 0 Å². The third-order valence-corrected chi connectivity index (χ3v) is 3.27. The summed E-state index contributed by atoms with van der Waals surface area (Å²) in [4.78, 5) is 6.79. The molecule has 17 heavy (non-hydrogen) atoms. The summed E-state index contributed by atoms with van der Waals surface area (Å²) in [5.74, 6) is 0.753. The second-order valence-electron chi connectivity index (χ2n) is 4.61. The fourth-order valence-corrected chi connectivity index (χ4v) is 2.18. The van der Waals surface area contributed by atoms with Crippen LogP contribution in [0.15, 0.2) is 18.3 Å². The van der Waals surface area contributed by atoms with Crippen LogP contribution in [0.1, 0.15) is 31.7 Å². The van der Waals surface area contributed by atoms with E-state index >= 15 is 0 Å². The van der Waals surface area contributed by atoms with Crippen molar-refractivity contribution >= 4 is 0 Å². The van der Waals surface area contributed by atoms with E-state index in [2.05, 4.69) is 22.9 Å². The van der Waals surface area contributed by atoms with E-state index in [1.165, 1.54) is 31.5 Å². The molecule has 0 atom stereocenters. The standard InChI is InChI=1S/C14H22N2O/c1-2-13-6-7-14(15-12-13)17-11-5-10-16-8-3-4-9-16/h6-7,12H,2-5,8-11H2,1H3. The van der Waals surface area contributed by atoms with Crippen LogP contribution in [0.25, 0.3) is 0 Å². The maximum atomic E-state index is 5.63. The van der Waals surface area contributed by atoms with Gasteiger partial charge in [-0.3, -0.25) is 0 Å². The van der Waals surface area contributed by atoms with Gasteiger partial charge in [-0.15, -0.1) is 0 Å². The van der Waals surface area contributed by atoms with Crippen molar-refractivity contribution in [3.05, 3.63) is 23.9 Å². The normalized spacial score (nSPS) is 16.3. The Morgan fingerprint density at radius 1 is 1.29 bits per heavy atom. The van der Waals surface area contributed by atoms with Crippen molar-refractivity contribution in [1.29, 1.82) is 0 Å². The lowest BCUT2D eigenvalue weighted by Gasteiger charge is -2.14. The van der Waals surface area contributed by atoms with Crippen molar-refractivity contribution < 1.29 is 4.74 Å². The summed E-state index contributed by atoms with van der Waals surface area (Å²) in [6.45, 7) is 6.60. The Bertz CT molecular complexity index is 317. The predicted octanol–water partition coefficient (Wildman–Crippen LogP) is 2.51. The fourth-order valence-electron chi connectivity index (χ4n) is 2.18. The van der Waals surface area contributed by atoms with E-state index in [4.69, 9.17) is 4.74 Å². The minimum Gasteiger partial charge on any atom is -0.478 e. The number of pyridine rings is 1. The molecule has 0 saturated carbocycles. The Balaban J connectivity index is 1.63. The maximum absolute atomic E-state index is 5.63. The highest BCUT2D eigenvalue weighted by Crippen LogP contribution is 2.10. The van der Waals surface area contributed by atoms with Gasteiger partial charge in [0.1, 0.15) is 0 Å². The lowest BCUT2D eigenvalue weighted by Crippen LogP contribution is -2.21. The summed E-state index contributed by atoms with van der Waals surface area (Å²) in [7, 11) is 0. The monoisotopic (exact) mass is 234 g/mol. The van der Waals surface area contributed by atoms with E-state index in [1.807, 2.05) is 12.3 Å². The van der Waals surface area contributed by atoms with Crippen molar-refractivity contribution in [1.82, 2.24) is 9.88 Å². The fraction of sp³-hybridized carbons (Fsp3) is 0.643. The number of likely N-dealkylation sites (tertiary alicyclic amines) is 1. The Labute approximate surface area is 104 Å². The van der Waals surface area contributed by atoms with Gasteiger partial charge in [-0.1, -0.05) is 13.0 Å². The molecule has 1 fully saturated rings. The van der Waals surface area contributed by atoms with Gasteiger partial charge < -0.3 is 9.64 Å². The van der Waals surface area contributed by atoms with Crippen LogP contribution in [0.5, 0.6) is 5.88 Å². The van der Waals surface area contributed by atoms with E-state index in [9.17, 15) is 0 Å². The molecule has 3 nitrogen and oxygen atoms in total. The number of aromatic nitrogens is 1. The Morgan fingerprint density at radius 2 is 2.12 bits per heavy atom. The zero-order chi connectivity index (χ0) is 11.9. The maximum Gasteiger partial charge on any atom is 0.213 e. The third kappa shape index (κ3) is 4.00. The second kappa shape index (κ2) is 6.60. The predicted molar refractivity (Wildman–Crippen MR) is 69.4 cm³/mol. The van der Waals surface area contributed by atoms with Crippen LogP contribution in [-0.4, -0.2) is 36.1 Å². The summed E-state index contributed by atoms with van der Waals surface area (Å²) in [5.41, 5.74) is 1.26. The molecule has 1 aromatic heterocycles. The highest BCUT2D eigenvalue weighted by molar-refractivity contribution is 5.17. The zero-order valence-corrected chi connectivity index (χ0v) is 10.7. The Morgan fingerprint density at radius 3 is 2.76 bits per heavy atom. The molecule has 0 N–H and O–H groups in total. The van der Waals surface area contributed by atoms with Crippen molar-refractivity contribution in [2.24, 2.45) is 0 Å². The van der Waals surface area contributed by atoms with E-state index in [0.29, 0.717) is 0 Å². The van der Waals surface area contributed by atoms with Crippen LogP contribution in [0.3, 0.4) is 0 Å². The minimum absolute atomic E-state index is 0.753. The summed E-state index contributed by atoms with van der Waals surface area (Å²) in [5, 5.41) is 0. The molecule has 0 bridgehead atoms. The second-order valence-corrected chi connectivity index (χ2v) is 4.61. The summed E-state index contributed by atoms with van der Waals surface area (Å²) in [6.07, 6.45) is 6.75.